The third-order valence-electron chi connectivity index (χ3n) is 1.22. The van der Waals surface area contributed by atoms with Gasteiger partial charge in [0.1, 0.15) is 0 Å². The van der Waals surface area contributed by atoms with Gasteiger partial charge in [-0.15, -0.1) is 0 Å². The van der Waals surface area contributed by atoms with Gasteiger partial charge in [0.2, 0.25) is 0 Å². The fraction of sp³-hybridized carbons (Fsp3) is 1.00. The van der Waals surface area contributed by atoms with Crippen LogP contribution in [-0.4, -0.2) is 35.8 Å². The van der Waals surface area contributed by atoms with Gasteiger partial charge in [-0.25, -0.2) is 0 Å². The summed E-state index contributed by atoms with van der Waals surface area (Å²) < 4.78 is 0. The normalized spacial score (nSPS) is 13.5. The monoisotopic (exact) mass is 163 g/mol. The number of nitrogens with one attached hydrogen (secondary N) is 1. The lowest BCUT2D eigenvalue weighted by atomic mass is 10.4. The molecule has 0 aliphatic carbocycles. The highest BCUT2D eigenvalue weighted by molar-refractivity contribution is 7.99. The van der Waals surface area contributed by atoms with Crippen LogP contribution in [0.2, 0.25) is 0 Å². The fourth-order valence-corrected chi connectivity index (χ4v) is 1.14. The van der Waals surface area contributed by atoms with Crippen molar-refractivity contribution in [1.82, 2.24) is 5.32 Å². The first-order chi connectivity index (χ1) is 4.81. The molecule has 0 bridgehead atoms. The molecule has 0 spiro atoms. The van der Waals surface area contributed by atoms with E-state index in [9.17, 15) is 0 Å². The molecule has 2 nitrogen and oxygen atoms in total. The third kappa shape index (κ3) is 6.39. The van der Waals surface area contributed by atoms with Crippen LogP contribution in [0.25, 0.3) is 0 Å². The first-order valence-corrected chi connectivity index (χ1v) is 4.88. The van der Waals surface area contributed by atoms with E-state index in [0.29, 0.717) is 0 Å². The summed E-state index contributed by atoms with van der Waals surface area (Å²) in [6, 6.07) is 0.248. The Kier molecular flexibility index (Phi) is 7.58. The number of hydrogen-bond donors (Lipinski definition) is 2. The Morgan fingerprint density at radius 3 is 2.80 bits per heavy atom. The van der Waals surface area contributed by atoms with Gasteiger partial charge in [0.25, 0.3) is 0 Å². The molecule has 0 heterocycles. The van der Waals surface area contributed by atoms with Gasteiger partial charge in [0, 0.05) is 18.3 Å². The molecule has 0 amide bonds. The summed E-state index contributed by atoms with van der Waals surface area (Å²) in [6.45, 7) is 5.37. The molecule has 0 aromatic rings. The summed E-state index contributed by atoms with van der Waals surface area (Å²) in [5, 5.41) is 11.8. The van der Waals surface area contributed by atoms with E-state index < -0.39 is 0 Å². The molecule has 1 atom stereocenters. The van der Waals surface area contributed by atoms with E-state index in [4.69, 9.17) is 5.11 Å². The zero-order valence-corrected chi connectivity index (χ0v) is 7.58. The first-order valence-electron chi connectivity index (χ1n) is 3.73. The second kappa shape index (κ2) is 7.38. The van der Waals surface area contributed by atoms with Gasteiger partial charge in [-0.1, -0.05) is 6.92 Å². The van der Waals surface area contributed by atoms with E-state index >= 15 is 0 Å². The van der Waals surface area contributed by atoms with E-state index in [1.165, 1.54) is 5.75 Å². The lowest BCUT2D eigenvalue weighted by Crippen LogP contribution is -2.31. The van der Waals surface area contributed by atoms with Crippen molar-refractivity contribution < 1.29 is 5.11 Å². The molecule has 1 unspecified atom stereocenters. The van der Waals surface area contributed by atoms with Crippen LogP contribution in [0, 0.1) is 0 Å². The average molecular weight is 163 g/mol. The summed E-state index contributed by atoms with van der Waals surface area (Å²) in [5.74, 6) is 2.32. The van der Waals surface area contributed by atoms with Gasteiger partial charge in [0.15, 0.2) is 0 Å². The molecular formula is C7H17NOS. The number of hydrogen-bond acceptors (Lipinski definition) is 3. The largest absolute Gasteiger partial charge is 0.395 e. The predicted octanol–water partition coefficient (Wildman–Crippen LogP) is 0.710. The van der Waals surface area contributed by atoms with Crippen molar-refractivity contribution in [3.05, 3.63) is 0 Å². The molecule has 0 rings (SSSR count). The number of aliphatic hydroxyl groups is 1. The van der Waals surface area contributed by atoms with E-state index in [0.717, 1.165) is 12.3 Å². The van der Waals surface area contributed by atoms with Crippen molar-refractivity contribution in [2.24, 2.45) is 0 Å². The van der Waals surface area contributed by atoms with Crippen LogP contribution in [0.4, 0.5) is 0 Å². The molecule has 0 fully saturated rings. The average Bonchev–Trinajstić information content (AvgIpc) is 1.98. The smallest absolute Gasteiger partial charge is 0.0581 e. The Morgan fingerprint density at radius 1 is 1.60 bits per heavy atom. The quantitative estimate of drug-likeness (QED) is 0.566. The fourth-order valence-electron chi connectivity index (χ4n) is 0.586. The van der Waals surface area contributed by atoms with Gasteiger partial charge in [0.05, 0.1) is 6.61 Å². The molecule has 3 heteroatoms. The molecule has 0 aliphatic rings. The summed E-state index contributed by atoms with van der Waals surface area (Å²) in [6.07, 6.45) is 0. The number of aliphatic hydroxyl groups excluding tert-OH is 1. The van der Waals surface area contributed by atoms with Crippen LogP contribution < -0.4 is 5.32 Å². The molecule has 2 N–H and O–H groups in total. The van der Waals surface area contributed by atoms with Crippen LogP contribution in [0.5, 0.6) is 0 Å². The highest BCUT2D eigenvalue weighted by atomic mass is 32.2. The van der Waals surface area contributed by atoms with E-state index in [-0.39, 0.29) is 12.6 Å². The van der Waals surface area contributed by atoms with Gasteiger partial charge < -0.3 is 10.4 Å². The third-order valence-corrected chi connectivity index (χ3v) is 2.12. The zero-order chi connectivity index (χ0) is 7.82. The van der Waals surface area contributed by atoms with Crippen LogP contribution >= 0.6 is 11.8 Å². The van der Waals surface area contributed by atoms with Crippen LogP contribution in [-0.2, 0) is 0 Å². The highest BCUT2D eigenvalue weighted by Gasteiger charge is 1.95. The summed E-state index contributed by atoms with van der Waals surface area (Å²) in [5.41, 5.74) is 0. The predicted molar refractivity (Wildman–Crippen MR) is 47.5 cm³/mol. The second-order valence-electron chi connectivity index (χ2n) is 2.23. The Bertz CT molecular complexity index is 70.6. The van der Waals surface area contributed by atoms with Gasteiger partial charge in [-0.05, 0) is 12.7 Å². The molecule has 0 radical (unpaired) electrons. The molecule has 0 saturated heterocycles. The molecule has 0 saturated carbocycles. The molecular weight excluding hydrogens is 146 g/mol. The standard InChI is InChI=1S/C7H17NOS/c1-3-10-5-4-8-7(2)6-9/h7-9H,3-6H2,1-2H3. The Labute approximate surface area is 67.4 Å². The maximum Gasteiger partial charge on any atom is 0.0581 e. The molecule has 0 aliphatic heterocycles. The maximum absolute atomic E-state index is 8.62. The van der Waals surface area contributed by atoms with E-state index in [2.05, 4.69) is 12.2 Å². The first kappa shape index (κ1) is 10.3. The minimum absolute atomic E-state index is 0.233. The van der Waals surface area contributed by atoms with E-state index in [1.54, 1.807) is 0 Å². The van der Waals surface area contributed by atoms with Crippen molar-refractivity contribution in [3.63, 3.8) is 0 Å². The number of thioether (sulfide) groups is 1. The highest BCUT2D eigenvalue weighted by Crippen LogP contribution is 1.95. The molecule has 10 heavy (non-hydrogen) atoms. The summed E-state index contributed by atoms with van der Waals surface area (Å²) in [7, 11) is 0. The zero-order valence-electron chi connectivity index (χ0n) is 6.76. The van der Waals surface area contributed by atoms with Gasteiger partial charge in [-0.3, -0.25) is 0 Å². The maximum atomic E-state index is 8.62. The SMILES string of the molecule is CCSCCNC(C)CO. The van der Waals surface area contributed by atoms with Crippen molar-refractivity contribution in [1.29, 1.82) is 0 Å². The van der Waals surface area contributed by atoms with Gasteiger partial charge >= 0.3 is 0 Å². The Hall–Kier alpha value is 0.270. The number of rotatable bonds is 6. The minimum Gasteiger partial charge on any atom is -0.395 e. The molecule has 0 aromatic heterocycles. The van der Waals surface area contributed by atoms with Crippen LogP contribution in [0.3, 0.4) is 0 Å². The van der Waals surface area contributed by atoms with Crippen molar-refractivity contribution in [2.75, 3.05) is 24.7 Å². The van der Waals surface area contributed by atoms with Gasteiger partial charge in [-0.2, -0.15) is 11.8 Å². The minimum atomic E-state index is 0.233. The Morgan fingerprint density at radius 2 is 2.30 bits per heavy atom. The van der Waals surface area contributed by atoms with E-state index in [1.807, 2.05) is 18.7 Å². The molecule has 0 aromatic carbocycles. The van der Waals surface area contributed by atoms with Crippen molar-refractivity contribution >= 4 is 11.8 Å². The lowest BCUT2D eigenvalue weighted by Gasteiger charge is -2.08. The second-order valence-corrected chi connectivity index (χ2v) is 3.63. The van der Waals surface area contributed by atoms with Crippen molar-refractivity contribution in [2.45, 2.75) is 19.9 Å². The van der Waals surface area contributed by atoms with Crippen molar-refractivity contribution in [3.8, 4) is 0 Å². The Balaban J connectivity index is 2.89. The summed E-state index contributed by atoms with van der Waals surface area (Å²) in [4.78, 5) is 0. The summed E-state index contributed by atoms with van der Waals surface area (Å²) >= 11 is 1.92. The molecule has 62 valence electrons. The lowest BCUT2D eigenvalue weighted by molar-refractivity contribution is 0.254. The topological polar surface area (TPSA) is 32.3 Å². The van der Waals surface area contributed by atoms with Crippen LogP contribution in [0.1, 0.15) is 13.8 Å². The van der Waals surface area contributed by atoms with Crippen LogP contribution in [0.15, 0.2) is 0 Å².